The lowest BCUT2D eigenvalue weighted by molar-refractivity contribution is 0.281. The summed E-state index contributed by atoms with van der Waals surface area (Å²) in [6.07, 6.45) is 7.98. The fourth-order valence-corrected chi connectivity index (χ4v) is 4.72. The normalized spacial score (nSPS) is 18.0. The number of nitrogens with zero attached hydrogens (tertiary/aromatic N) is 5. The molecule has 0 spiro atoms. The minimum Gasteiger partial charge on any atom is -0.306 e. The number of pyridine rings is 1. The lowest BCUT2D eigenvalue weighted by atomic mass is 9.97. The van der Waals surface area contributed by atoms with E-state index in [1.807, 2.05) is 16.9 Å². The van der Waals surface area contributed by atoms with Gasteiger partial charge in [0.25, 0.3) is 0 Å². The van der Waals surface area contributed by atoms with Crippen LogP contribution in [0.5, 0.6) is 0 Å². The van der Waals surface area contributed by atoms with Gasteiger partial charge in [-0.05, 0) is 44.4 Å². The molecule has 26 heavy (non-hydrogen) atoms. The Morgan fingerprint density at radius 1 is 1.15 bits per heavy atom. The highest BCUT2D eigenvalue weighted by Gasteiger charge is 2.25. The van der Waals surface area contributed by atoms with Gasteiger partial charge >= 0.3 is 5.69 Å². The van der Waals surface area contributed by atoms with Crippen LogP contribution in [0.15, 0.2) is 34.3 Å². The smallest absolute Gasteiger partial charge is 0.306 e. The minimum atomic E-state index is -0.121. The van der Waals surface area contributed by atoms with Gasteiger partial charge in [-0.1, -0.05) is 6.07 Å². The van der Waals surface area contributed by atoms with Crippen molar-refractivity contribution >= 4 is 11.8 Å². The minimum absolute atomic E-state index is 0.121. The van der Waals surface area contributed by atoms with Gasteiger partial charge in [0.05, 0.1) is 5.69 Å². The molecule has 0 saturated carbocycles. The van der Waals surface area contributed by atoms with E-state index in [1.54, 1.807) is 18.0 Å². The van der Waals surface area contributed by atoms with Crippen molar-refractivity contribution in [3.8, 4) is 0 Å². The molecule has 1 aliphatic carbocycles. The zero-order valence-electron chi connectivity index (χ0n) is 15.2. The van der Waals surface area contributed by atoms with Crippen LogP contribution in [0.1, 0.15) is 29.7 Å². The largest absolute Gasteiger partial charge is 0.367 e. The first-order valence-corrected chi connectivity index (χ1v) is 10.3. The third-order valence-corrected chi connectivity index (χ3v) is 6.28. The van der Waals surface area contributed by atoms with Crippen molar-refractivity contribution in [2.45, 2.75) is 36.5 Å². The summed E-state index contributed by atoms with van der Waals surface area (Å²) in [7, 11) is 2.13. The summed E-state index contributed by atoms with van der Waals surface area (Å²) in [6, 6.07) is 4.02. The van der Waals surface area contributed by atoms with Crippen molar-refractivity contribution < 1.29 is 0 Å². The summed E-state index contributed by atoms with van der Waals surface area (Å²) < 4.78 is 1.88. The maximum absolute atomic E-state index is 12.9. The highest BCUT2D eigenvalue weighted by Crippen LogP contribution is 2.30. The third-order valence-electron chi connectivity index (χ3n) is 5.19. The number of fused-ring (bicyclic) bond motifs is 1. The average Bonchev–Trinajstić information content (AvgIpc) is 2.68. The average molecular weight is 372 g/mol. The molecule has 1 aliphatic heterocycles. The Morgan fingerprint density at radius 2 is 1.96 bits per heavy atom. The summed E-state index contributed by atoms with van der Waals surface area (Å²) in [6.45, 7) is 3.73. The molecule has 7 heteroatoms. The van der Waals surface area contributed by atoms with E-state index in [0.717, 1.165) is 61.8 Å². The summed E-state index contributed by atoms with van der Waals surface area (Å²) >= 11 is 1.67. The number of aromatic nitrogens is 3. The fourth-order valence-electron chi connectivity index (χ4n) is 3.71. The molecule has 1 fully saturated rings. The third kappa shape index (κ3) is 3.64. The highest BCUT2D eigenvalue weighted by atomic mass is 32.2. The zero-order chi connectivity index (χ0) is 17.9. The molecule has 138 valence electrons. The lowest BCUT2D eigenvalue weighted by Crippen LogP contribution is -2.54. The van der Waals surface area contributed by atoms with Gasteiger partial charge in [-0.3, -0.25) is 4.98 Å². The Hall–Kier alpha value is -1.86. The molecular formula is C19H25N5OS. The maximum Gasteiger partial charge on any atom is 0.367 e. The molecular weight excluding hydrogens is 346 g/mol. The Balaban J connectivity index is 1.64. The second-order valence-corrected chi connectivity index (χ2v) is 8.01. The van der Waals surface area contributed by atoms with E-state index in [1.165, 1.54) is 17.7 Å². The van der Waals surface area contributed by atoms with Crippen LogP contribution in [-0.2, 0) is 18.6 Å². The van der Waals surface area contributed by atoms with Crippen LogP contribution in [0.4, 0.5) is 0 Å². The van der Waals surface area contributed by atoms with Crippen LogP contribution >= 0.6 is 11.8 Å². The van der Waals surface area contributed by atoms with E-state index in [0.29, 0.717) is 0 Å². The molecule has 0 amide bonds. The molecule has 0 N–H and O–H groups in total. The fraction of sp³-hybridized carbons (Fsp3) is 0.526. The molecule has 0 unspecified atom stereocenters. The van der Waals surface area contributed by atoms with E-state index in [9.17, 15) is 4.79 Å². The van der Waals surface area contributed by atoms with E-state index in [-0.39, 0.29) is 5.69 Å². The summed E-state index contributed by atoms with van der Waals surface area (Å²) in [5, 5.41) is 3.11. The van der Waals surface area contributed by atoms with Crippen molar-refractivity contribution in [3.63, 3.8) is 0 Å². The molecule has 0 atom stereocenters. The quantitative estimate of drug-likeness (QED) is 0.602. The van der Waals surface area contributed by atoms with Gasteiger partial charge in [-0.2, -0.15) is 4.98 Å². The molecule has 1 saturated heterocycles. The van der Waals surface area contributed by atoms with Gasteiger partial charge in [0.1, 0.15) is 5.03 Å². The molecule has 3 heterocycles. The Labute approximate surface area is 158 Å². The number of thioether (sulfide) groups is 1. The summed E-state index contributed by atoms with van der Waals surface area (Å²) in [4.78, 5) is 23.8. The van der Waals surface area contributed by atoms with Crippen molar-refractivity contribution in [1.29, 1.82) is 0 Å². The second-order valence-electron chi connectivity index (χ2n) is 7.05. The standard InChI is InChI=1S/C19H25N5OS/c1-22-9-11-23(12-10-22)24-17-7-3-2-6-16(17)18(21-19(24)25)26-14-15-5-4-8-20-13-15/h4-5,8,13H,2-3,6-7,9-12,14H2,1H3. The van der Waals surface area contributed by atoms with Crippen molar-refractivity contribution in [2.75, 3.05) is 38.2 Å². The van der Waals surface area contributed by atoms with Crippen molar-refractivity contribution in [1.82, 2.24) is 19.5 Å². The van der Waals surface area contributed by atoms with Gasteiger partial charge in [0.15, 0.2) is 0 Å². The molecule has 0 bridgehead atoms. The Morgan fingerprint density at radius 3 is 2.73 bits per heavy atom. The first-order chi connectivity index (χ1) is 12.7. The number of piperazine rings is 1. The Bertz CT molecular complexity index is 815. The van der Waals surface area contributed by atoms with E-state index >= 15 is 0 Å². The summed E-state index contributed by atoms with van der Waals surface area (Å²) in [5.74, 6) is 0.797. The SMILES string of the molecule is CN1CCN(n2c3c(c(SCc4cccnc4)nc2=O)CCCC3)CC1. The molecule has 2 aromatic heterocycles. The first-order valence-electron chi connectivity index (χ1n) is 9.32. The van der Waals surface area contributed by atoms with Gasteiger partial charge in [0, 0.05) is 49.9 Å². The van der Waals surface area contributed by atoms with E-state index in [2.05, 4.69) is 33.0 Å². The first kappa shape index (κ1) is 17.5. The maximum atomic E-state index is 12.9. The topological polar surface area (TPSA) is 54.3 Å². The predicted octanol–water partition coefficient (Wildman–Crippen LogP) is 1.69. The monoisotopic (exact) mass is 371 g/mol. The van der Waals surface area contributed by atoms with E-state index in [4.69, 9.17) is 0 Å². The number of rotatable bonds is 4. The molecule has 6 nitrogen and oxygen atoms in total. The highest BCUT2D eigenvalue weighted by molar-refractivity contribution is 7.98. The van der Waals surface area contributed by atoms with Crippen LogP contribution in [0.25, 0.3) is 0 Å². The molecule has 4 rings (SSSR count). The summed E-state index contributed by atoms with van der Waals surface area (Å²) in [5.41, 5.74) is 3.51. The van der Waals surface area contributed by atoms with Crippen LogP contribution in [0.2, 0.25) is 0 Å². The molecule has 2 aliphatic rings. The van der Waals surface area contributed by atoms with Gasteiger partial charge in [-0.15, -0.1) is 11.8 Å². The second kappa shape index (κ2) is 7.80. The number of hydrogen-bond donors (Lipinski definition) is 0. The lowest BCUT2D eigenvalue weighted by Gasteiger charge is -2.37. The predicted molar refractivity (Wildman–Crippen MR) is 104 cm³/mol. The Kier molecular flexibility index (Phi) is 5.26. The zero-order valence-corrected chi connectivity index (χ0v) is 16.0. The molecule has 0 aromatic carbocycles. The van der Waals surface area contributed by atoms with Gasteiger partial charge in [-0.25, -0.2) is 9.47 Å². The van der Waals surface area contributed by atoms with Crippen LogP contribution < -0.4 is 10.7 Å². The number of hydrogen-bond acceptors (Lipinski definition) is 6. The van der Waals surface area contributed by atoms with Crippen LogP contribution in [-0.4, -0.2) is 52.8 Å². The molecule has 0 radical (unpaired) electrons. The van der Waals surface area contributed by atoms with Crippen molar-refractivity contribution in [2.24, 2.45) is 0 Å². The number of likely N-dealkylation sites (N-methyl/N-ethyl adjacent to an activating group) is 1. The van der Waals surface area contributed by atoms with Gasteiger partial charge < -0.3 is 9.91 Å². The van der Waals surface area contributed by atoms with Crippen molar-refractivity contribution in [3.05, 3.63) is 51.8 Å². The van der Waals surface area contributed by atoms with Crippen LogP contribution in [0.3, 0.4) is 0 Å². The van der Waals surface area contributed by atoms with Gasteiger partial charge in [0.2, 0.25) is 0 Å². The van der Waals surface area contributed by atoms with E-state index < -0.39 is 0 Å². The molecule has 2 aromatic rings. The van der Waals surface area contributed by atoms with Crippen LogP contribution in [0, 0.1) is 0 Å².